The van der Waals surface area contributed by atoms with Crippen LogP contribution in [0.2, 0.25) is 0 Å². The lowest BCUT2D eigenvalue weighted by Crippen LogP contribution is -2.39. The standard InChI is InChI=1S/C20H25FN4O2/c21-14-5-8-25(9-6-14)20(26)15-10-16(12-3-4-12)23-19-17(15)18(24-27-19)13-2-1-7-22-11-13/h10,12-14,22H,1-9,11H2. The molecular formula is C20H25FN4O2. The number of halogens is 1. The minimum Gasteiger partial charge on any atom is -0.338 e. The number of nitrogens with zero attached hydrogens (tertiary/aromatic N) is 3. The van der Waals surface area contributed by atoms with Crippen molar-refractivity contribution in [3.8, 4) is 0 Å². The summed E-state index contributed by atoms with van der Waals surface area (Å²) in [5.41, 5.74) is 2.89. The number of carbonyl (C=O) groups excluding carboxylic acids is 1. The number of carbonyl (C=O) groups is 1. The summed E-state index contributed by atoms with van der Waals surface area (Å²) >= 11 is 0. The second-order valence-electron chi connectivity index (χ2n) is 8.13. The summed E-state index contributed by atoms with van der Waals surface area (Å²) in [7, 11) is 0. The predicted octanol–water partition coefficient (Wildman–Crippen LogP) is 3.14. The predicted molar refractivity (Wildman–Crippen MR) is 98.7 cm³/mol. The van der Waals surface area contributed by atoms with E-state index in [1.54, 1.807) is 4.90 Å². The average Bonchev–Trinajstić information content (AvgIpc) is 3.47. The Hall–Kier alpha value is -2.02. The molecule has 144 valence electrons. The van der Waals surface area contributed by atoms with E-state index in [0.717, 1.165) is 55.5 Å². The van der Waals surface area contributed by atoms with E-state index in [0.29, 0.717) is 43.1 Å². The Labute approximate surface area is 157 Å². The van der Waals surface area contributed by atoms with Crippen molar-refractivity contribution in [1.29, 1.82) is 0 Å². The molecule has 5 rings (SSSR count). The van der Waals surface area contributed by atoms with Crippen LogP contribution in [0, 0.1) is 0 Å². The van der Waals surface area contributed by atoms with Crippen LogP contribution in [0.1, 0.15) is 72.1 Å². The second kappa shape index (κ2) is 6.86. The quantitative estimate of drug-likeness (QED) is 0.896. The molecule has 1 unspecified atom stereocenters. The molecule has 0 radical (unpaired) electrons. The molecule has 1 N–H and O–H groups in total. The van der Waals surface area contributed by atoms with E-state index >= 15 is 0 Å². The van der Waals surface area contributed by atoms with Crippen molar-refractivity contribution in [2.75, 3.05) is 26.2 Å². The number of rotatable bonds is 3. The van der Waals surface area contributed by atoms with Gasteiger partial charge < -0.3 is 14.7 Å². The molecule has 1 amide bonds. The first kappa shape index (κ1) is 17.1. The summed E-state index contributed by atoms with van der Waals surface area (Å²) in [6, 6.07) is 1.95. The van der Waals surface area contributed by atoms with Gasteiger partial charge in [0.05, 0.1) is 16.6 Å². The van der Waals surface area contributed by atoms with Gasteiger partial charge in [-0.3, -0.25) is 4.79 Å². The van der Waals surface area contributed by atoms with Gasteiger partial charge in [-0.05, 0) is 51.1 Å². The van der Waals surface area contributed by atoms with Gasteiger partial charge in [-0.1, -0.05) is 5.16 Å². The monoisotopic (exact) mass is 372 g/mol. The molecule has 0 aromatic carbocycles. The Morgan fingerprint density at radius 1 is 1.19 bits per heavy atom. The fraction of sp³-hybridized carbons (Fsp3) is 0.650. The first-order valence-corrected chi connectivity index (χ1v) is 10.1. The van der Waals surface area contributed by atoms with Crippen molar-refractivity contribution in [3.63, 3.8) is 0 Å². The Kier molecular flexibility index (Phi) is 4.34. The van der Waals surface area contributed by atoms with Crippen molar-refractivity contribution >= 4 is 17.0 Å². The van der Waals surface area contributed by atoms with Gasteiger partial charge in [-0.25, -0.2) is 9.37 Å². The smallest absolute Gasteiger partial charge is 0.259 e. The van der Waals surface area contributed by atoms with Crippen LogP contribution < -0.4 is 5.32 Å². The summed E-state index contributed by atoms with van der Waals surface area (Å²) in [5.74, 6) is 0.614. The fourth-order valence-corrected chi connectivity index (χ4v) is 4.33. The van der Waals surface area contributed by atoms with Crippen molar-refractivity contribution < 1.29 is 13.7 Å². The number of pyridine rings is 1. The number of amides is 1. The normalized spacial score (nSPS) is 24.5. The summed E-state index contributed by atoms with van der Waals surface area (Å²) in [5, 5.41) is 8.50. The molecule has 1 saturated carbocycles. The van der Waals surface area contributed by atoms with Crippen molar-refractivity contribution in [3.05, 3.63) is 23.0 Å². The molecule has 2 aromatic rings. The van der Waals surface area contributed by atoms with Crippen LogP contribution in [-0.4, -0.2) is 53.3 Å². The zero-order valence-corrected chi connectivity index (χ0v) is 15.4. The third kappa shape index (κ3) is 3.22. The molecule has 27 heavy (non-hydrogen) atoms. The Morgan fingerprint density at radius 3 is 2.70 bits per heavy atom. The fourth-order valence-electron chi connectivity index (χ4n) is 4.33. The molecule has 2 aromatic heterocycles. The van der Waals surface area contributed by atoms with Crippen LogP contribution in [-0.2, 0) is 0 Å². The molecule has 1 aliphatic carbocycles. The maximum absolute atomic E-state index is 13.5. The van der Waals surface area contributed by atoms with Gasteiger partial charge in [-0.2, -0.15) is 0 Å². The summed E-state index contributed by atoms with van der Waals surface area (Å²) in [6.45, 7) is 2.79. The lowest BCUT2D eigenvalue weighted by atomic mass is 9.92. The lowest BCUT2D eigenvalue weighted by Gasteiger charge is -2.29. The van der Waals surface area contributed by atoms with Gasteiger partial charge >= 0.3 is 0 Å². The largest absolute Gasteiger partial charge is 0.338 e. The van der Waals surface area contributed by atoms with Crippen LogP contribution >= 0.6 is 0 Å². The number of piperidine rings is 2. The van der Waals surface area contributed by atoms with Gasteiger partial charge in [0, 0.05) is 37.2 Å². The Bertz CT molecular complexity index is 849. The number of alkyl halides is 1. The summed E-state index contributed by atoms with van der Waals surface area (Å²) < 4.78 is 19.1. The van der Waals surface area contributed by atoms with Gasteiger partial charge in [0.25, 0.3) is 11.6 Å². The number of nitrogens with one attached hydrogen (secondary N) is 1. The van der Waals surface area contributed by atoms with E-state index in [1.165, 1.54) is 0 Å². The van der Waals surface area contributed by atoms with Crippen LogP contribution in [0.4, 0.5) is 4.39 Å². The number of fused-ring (bicyclic) bond motifs is 1. The van der Waals surface area contributed by atoms with E-state index < -0.39 is 6.17 Å². The van der Waals surface area contributed by atoms with Gasteiger partial charge in [0.1, 0.15) is 6.17 Å². The van der Waals surface area contributed by atoms with Crippen molar-refractivity contribution in [2.24, 2.45) is 0 Å². The molecule has 4 heterocycles. The topological polar surface area (TPSA) is 71.3 Å². The number of hydrogen-bond donors (Lipinski definition) is 1. The maximum Gasteiger partial charge on any atom is 0.259 e. The third-order valence-corrected chi connectivity index (χ3v) is 6.11. The molecular weight excluding hydrogens is 347 g/mol. The van der Waals surface area contributed by atoms with Gasteiger partial charge in [-0.15, -0.1) is 0 Å². The van der Waals surface area contributed by atoms with Crippen molar-refractivity contribution in [1.82, 2.24) is 20.4 Å². The number of aromatic nitrogens is 2. The highest BCUT2D eigenvalue weighted by Gasteiger charge is 2.33. The molecule has 1 atom stereocenters. The number of hydrogen-bond acceptors (Lipinski definition) is 5. The SMILES string of the molecule is O=C(c1cc(C2CC2)nc2onc(C3CCCNC3)c12)N1CCC(F)CC1. The molecule has 2 saturated heterocycles. The van der Waals surface area contributed by atoms with Crippen molar-refractivity contribution in [2.45, 2.75) is 56.5 Å². The van der Waals surface area contributed by atoms with Gasteiger partial charge in [0.2, 0.25) is 0 Å². The minimum absolute atomic E-state index is 0.0376. The summed E-state index contributed by atoms with van der Waals surface area (Å²) in [6.07, 6.45) is 4.35. The maximum atomic E-state index is 13.5. The van der Waals surface area contributed by atoms with Crippen LogP contribution in [0.25, 0.3) is 11.1 Å². The zero-order chi connectivity index (χ0) is 18.4. The zero-order valence-electron chi connectivity index (χ0n) is 15.4. The molecule has 6 nitrogen and oxygen atoms in total. The highest BCUT2D eigenvalue weighted by atomic mass is 19.1. The highest BCUT2D eigenvalue weighted by Crippen LogP contribution is 2.41. The average molecular weight is 372 g/mol. The Balaban J connectivity index is 1.57. The first-order valence-electron chi connectivity index (χ1n) is 10.1. The molecule has 3 aliphatic rings. The third-order valence-electron chi connectivity index (χ3n) is 6.11. The lowest BCUT2D eigenvalue weighted by molar-refractivity contribution is 0.0668. The molecule has 0 bridgehead atoms. The summed E-state index contributed by atoms with van der Waals surface area (Å²) in [4.78, 5) is 19.8. The molecule has 2 aliphatic heterocycles. The van der Waals surface area contributed by atoms with E-state index in [1.807, 2.05) is 6.07 Å². The number of likely N-dealkylation sites (tertiary alicyclic amines) is 1. The van der Waals surface area contributed by atoms with E-state index in [4.69, 9.17) is 4.52 Å². The highest BCUT2D eigenvalue weighted by molar-refractivity contribution is 6.06. The van der Waals surface area contributed by atoms with E-state index in [-0.39, 0.29) is 11.8 Å². The molecule has 0 spiro atoms. The molecule has 3 fully saturated rings. The van der Waals surface area contributed by atoms with Crippen LogP contribution in [0.5, 0.6) is 0 Å². The van der Waals surface area contributed by atoms with E-state index in [2.05, 4.69) is 15.5 Å². The van der Waals surface area contributed by atoms with Crippen LogP contribution in [0.15, 0.2) is 10.6 Å². The minimum atomic E-state index is -0.798. The Morgan fingerprint density at radius 2 is 2.00 bits per heavy atom. The van der Waals surface area contributed by atoms with E-state index in [9.17, 15) is 9.18 Å². The first-order chi connectivity index (χ1) is 13.2. The second-order valence-corrected chi connectivity index (χ2v) is 8.13. The van der Waals surface area contributed by atoms with Gasteiger partial charge in [0.15, 0.2) is 0 Å². The van der Waals surface area contributed by atoms with Crippen LogP contribution in [0.3, 0.4) is 0 Å². The molecule has 7 heteroatoms.